The lowest BCUT2D eigenvalue weighted by molar-refractivity contribution is 0.415. The zero-order valence-corrected chi connectivity index (χ0v) is 15.7. The summed E-state index contributed by atoms with van der Waals surface area (Å²) < 4.78 is 34.1. The van der Waals surface area contributed by atoms with E-state index in [0.717, 1.165) is 22.7 Å². The average Bonchev–Trinajstić information content (AvgIpc) is 2.97. The van der Waals surface area contributed by atoms with Gasteiger partial charge in [-0.3, -0.25) is 4.68 Å². The van der Waals surface area contributed by atoms with Gasteiger partial charge < -0.3 is 10.1 Å². The van der Waals surface area contributed by atoms with Gasteiger partial charge in [0.15, 0.2) is 5.82 Å². The number of nitrogens with one attached hydrogen (secondary N) is 1. The predicted molar refractivity (Wildman–Crippen MR) is 106 cm³/mol. The lowest BCUT2D eigenvalue weighted by atomic mass is 10.2. The molecule has 1 N–H and O–H groups in total. The lowest BCUT2D eigenvalue weighted by Crippen LogP contribution is -2.03. The number of benzene rings is 3. The number of fused-ring (bicyclic) bond motifs is 1. The number of halogens is 3. The summed E-state index contributed by atoms with van der Waals surface area (Å²) in [7, 11) is 1.59. The first-order valence-corrected chi connectivity index (χ1v) is 8.92. The Kier molecular flexibility index (Phi) is 4.88. The molecule has 0 radical (unpaired) electrons. The highest BCUT2D eigenvalue weighted by atomic mass is 35.5. The van der Waals surface area contributed by atoms with E-state index in [0.29, 0.717) is 22.2 Å². The van der Waals surface area contributed by atoms with Crippen LogP contribution in [0, 0.1) is 11.6 Å². The van der Waals surface area contributed by atoms with E-state index in [1.54, 1.807) is 23.9 Å². The summed E-state index contributed by atoms with van der Waals surface area (Å²) in [6.07, 6.45) is 0. The van der Waals surface area contributed by atoms with Crippen molar-refractivity contribution in [1.82, 2.24) is 9.78 Å². The zero-order valence-electron chi connectivity index (χ0n) is 14.9. The fraction of sp³-hybridized carbons (Fsp3) is 0.0952. The summed E-state index contributed by atoms with van der Waals surface area (Å²) in [5, 5.41) is 9.27. The number of hydrogen-bond acceptors (Lipinski definition) is 3. The molecule has 1 heterocycles. The minimum atomic E-state index is -0.620. The van der Waals surface area contributed by atoms with Crippen LogP contribution in [0.5, 0.6) is 5.75 Å². The first-order chi connectivity index (χ1) is 13.5. The second-order valence-corrected chi connectivity index (χ2v) is 6.74. The van der Waals surface area contributed by atoms with E-state index < -0.39 is 11.6 Å². The zero-order chi connectivity index (χ0) is 19.7. The summed E-state index contributed by atoms with van der Waals surface area (Å²) >= 11 is 6.06. The van der Waals surface area contributed by atoms with Crippen molar-refractivity contribution < 1.29 is 13.5 Å². The van der Waals surface area contributed by atoms with Crippen LogP contribution < -0.4 is 10.1 Å². The van der Waals surface area contributed by atoms with E-state index in [2.05, 4.69) is 10.4 Å². The van der Waals surface area contributed by atoms with Gasteiger partial charge >= 0.3 is 0 Å². The highest BCUT2D eigenvalue weighted by molar-refractivity contribution is 6.30. The molecule has 1 aromatic heterocycles. The monoisotopic (exact) mass is 399 g/mol. The van der Waals surface area contributed by atoms with Crippen molar-refractivity contribution in [3.8, 4) is 5.75 Å². The number of ether oxygens (including phenoxy) is 1. The van der Waals surface area contributed by atoms with E-state index in [4.69, 9.17) is 16.3 Å². The van der Waals surface area contributed by atoms with Crippen LogP contribution in [0.25, 0.3) is 10.9 Å². The van der Waals surface area contributed by atoms with Crippen molar-refractivity contribution in [2.45, 2.75) is 6.54 Å². The molecule has 0 bridgehead atoms. The van der Waals surface area contributed by atoms with Crippen LogP contribution >= 0.6 is 11.6 Å². The highest BCUT2D eigenvalue weighted by Gasteiger charge is 2.13. The molecule has 0 aliphatic carbocycles. The number of aromatic nitrogens is 2. The molecule has 4 nitrogen and oxygen atoms in total. The molecule has 4 rings (SSSR count). The topological polar surface area (TPSA) is 39.1 Å². The third-order valence-corrected chi connectivity index (χ3v) is 4.53. The molecule has 0 unspecified atom stereocenters. The third kappa shape index (κ3) is 3.77. The minimum Gasteiger partial charge on any atom is -0.497 e. The number of anilines is 2. The standard InChI is InChI=1S/C21H16ClF2N3O/c1-28-18-5-6-20-19(11-18)21(25-17-4-2-3-14(22)9-17)26-27(20)12-13-7-15(23)10-16(24)8-13/h2-11H,12H2,1H3,(H,25,26). The van der Waals surface area contributed by atoms with Crippen LogP contribution in [-0.2, 0) is 6.54 Å². The highest BCUT2D eigenvalue weighted by Crippen LogP contribution is 2.30. The molecule has 0 saturated carbocycles. The first-order valence-electron chi connectivity index (χ1n) is 8.54. The molecule has 0 atom stereocenters. The Labute approximate surface area is 165 Å². The van der Waals surface area contributed by atoms with Crippen LogP contribution in [0.3, 0.4) is 0 Å². The van der Waals surface area contributed by atoms with E-state index >= 15 is 0 Å². The summed E-state index contributed by atoms with van der Waals surface area (Å²) in [5.74, 6) is 0.0295. The molecular weight excluding hydrogens is 384 g/mol. The van der Waals surface area contributed by atoms with Gasteiger partial charge in [-0.15, -0.1) is 0 Å². The quantitative estimate of drug-likeness (QED) is 0.463. The van der Waals surface area contributed by atoms with E-state index in [-0.39, 0.29) is 6.54 Å². The fourth-order valence-corrected chi connectivity index (χ4v) is 3.27. The van der Waals surface area contributed by atoms with Crippen LogP contribution in [0.4, 0.5) is 20.3 Å². The van der Waals surface area contributed by atoms with Gasteiger partial charge in [0, 0.05) is 22.2 Å². The van der Waals surface area contributed by atoms with Crippen molar-refractivity contribution in [2.75, 3.05) is 12.4 Å². The normalized spacial score (nSPS) is 11.0. The lowest BCUT2D eigenvalue weighted by Gasteiger charge is -2.05. The van der Waals surface area contributed by atoms with Crippen molar-refractivity contribution >= 4 is 34.0 Å². The maximum Gasteiger partial charge on any atom is 0.160 e. The Morgan fingerprint density at radius 3 is 2.54 bits per heavy atom. The molecule has 142 valence electrons. The Bertz CT molecular complexity index is 1140. The molecule has 0 aliphatic rings. The average molecular weight is 400 g/mol. The van der Waals surface area contributed by atoms with Gasteiger partial charge in [0.05, 0.1) is 19.2 Å². The maximum absolute atomic E-state index is 13.6. The van der Waals surface area contributed by atoms with Crippen molar-refractivity contribution in [3.05, 3.63) is 82.9 Å². The summed E-state index contributed by atoms with van der Waals surface area (Å²) in [5.41, 5.74) is 2.06. The number of methoxy groups -OCH3 is 1. The molecule has 0 amide bonds. The van der Waals surface area contributed by atoms with E-state index in [1.807, 2.05) is 30.3 Å². The SMILES string of the molecule is COc1ccc2c(c1)c(Nc1cccc(Cl)c1)nn2Cc1cc(F)cc(F)c1. The van der Waals surface area contributed by atoms with Gasteiger partial charge in [-0.2, -0.15) is 5.10 Å². The minimum absolute atomic E-state index is 0.217. The molecule has 0 aliphatic heterocycles. The second kappa shape index (κ2) is 7.48. The smallest absolute Gasteiger partial charge is 0.160 e. The van der Waals surface area contributed by atoms with Gasteiger partial charge in [0.1, 0.15) is 17.4 Å². The van der Waals surface area contributed by atoms with Crippen molar-refractivity contribution in [2.24, 2.45) is 0 Å². The maximum atomic E-state index is 13.6. The molecule has 3 aromatic carbocycles. The van der Waals surface area contributed by atoms with Gasteiger partial charge in [0.25, 0.3) is 0 Å². The van der Waals surface area contributed by atoms with Gasteiger partial charge in [-0.25, -0.2) is 8.78 Å². The van der Waals surface area contributed by atoms with E-state index in [1.165, 1.54) is 12.1 Å². The summed E-state index contributed by atoms with van der Waals surface area (Å²) in [6.45, 7) is 0.217. The number of rotatable bonds is 5. The molecule has 7 heteroatoms. The predicted octanol–water partition coefficient (Wildman–Crippen LogP) is 5.77. The van der Waals surface area contributed by atoms with Crippen LogP contribution in [0.2, 0.25) is 5.02 Å². The molecule has 0 spiro atoms. The summed E-state index contributed by atoms with van der Waals surface area (Å²) in [4.78, 5) is 0. The molecule has 4 aromatic rings. The number of nitrogens with zero attached hydrogens (tertiary/aromatic N) is 2. The Balaban J connectivity index is 1.78. The Morgan fingerprint density at radius 1 is 1.04 bits per heavy atom. The number of hydrogen-bond donors (Lipinski definition) is 1. The Hall–Kier alpha value is -3.12. The molecule has 0 saturated heterocycles. The molecule has 0 fully saturated rings. The van der Waals surface area contributed by atoms with Crippen molar-refractivity contribution in [1.29, 1.82) is 0 Å². The largest absolute Gasteiger partial charge is 0.497 e. The fourth-order valence-electron chi connectivity index (χ4n) is 3.08. The Morgan fingerprint density at radius 2 is 1.82 bits per heavy atom. The first kappa shape index (κ1) is 18.3. The van der Waals surface area contributed by atoms with Crippen LogP contribution in [-0.4, -0.2) is 16.9 Å². The van der Waals surface area contributed by atoms with Crippen LogP contribution in [0.1, 0.15) is 5.56 Å². The second-order valence-electron chi connectivity index (χ2n) is 6.30. The van der Waals surface area contributed by atoms with Gasteiger partial charge in [0.2, 0.25) is 0 Å². The molecular formula is C21H16ClF2N3O. The van der Waals surface area contributed by atoms with E-state index in [9.17, 15) is 8.78 Å². The van der Waals surface area contributed by atoms with Crippen LogP contribution in [0.15, 0.2) is 60.7 Å². The third-order valence-electron chi connectivity index (χ3n) is 4.30. The van der Waals surface area contributed by atoms with Crippen molar-refractivity contribution in [3.63, 3.8) is 0 Å². The van der Waals surface area contributed by atoms with Gasteiger partial charge in [-0.1, -0.05) is 17.7 Å². The van der Waals surface area contributed by atoms with Gasteiger partial charge in [-0.05, 0) is 54.1 Å². The molecule has 28 heavy (non-hydrogen) atoms. The summed E-state index contributed by atoms with van der Waals surface area (Å²) in [6, 6.07) is 16.3.